The minimum absolute atomic E-state index is 0.0513. The van der Waals surface area contributed by atoms with E-state index in [2.05, 4.69) is 5.10 Å². The number of rotatable bonds is 1. The third-order valence-electron chi connectivity index (χ3n) is 2.49. The zero-order valence-electron chi connectivity index (χ0n) is 9.29. The Labute approximate surface area is 106 Å². The molecule has 0 atom stereocenters. The van der Waals surface area contributed by atoms with Gasteiger partial charge in [0, 0.05) is 10.6 Å². The van der Waals surface area contributed by atoms with Gasteiger partial charge in [-0.3, -0.25) is 0 Å². The Bertz CT molecular complexity index is 590. The van der Waals surface area contributed by atoms with Gasteiger partial charge in [-0.15, -0.1) is 0 Å². The summed E-state index contributed by atoms with van der Waals surface area (Å²) in [6.45, 7) is 1.28. The van der Waals surface area contributed by atoms with Crippen LogP contribution in [0.4, 0.5) is 19.0 Å². The number of halogens is 4. The van der Waals surface area contributed by atoms with Crippen LogP contribution in [0.3, 0.4) is 0 Å². The molecule has 7 heteroatoms. The van der Waals surface area contributed by atoms with Crippen LogP contribution in [0.1, 0.15) is 11.3 Å². The number of nitrogens with two attached hydrogens (primary N) is 1. The van der Waals surface area contributed by atoms with E-state index in [9.17, 15) is 13.2 Å². The fraction of sp³-hybridized carbons (Fsp3) is 0.182. The monoisotopic (exact) mass is 275 g/mol. The highest BCUT2D eigenvalue weighted by Gasteiger charge is 2.37. The number of nitrogens with zero attached hydrogens (tertiary/aromatic N) is 2. The Hall–Kier alpha value is -1.69. The van der Waals surface area contributed by atoms with E-state index in [0.29, 0.717) is 10.7 Å². The lowest BCUT2D eigenvalue weighted by molar-refractivity contribution is -0.141. The fourth-order valence-electron chi connectivity index (χ4n) is 1.58. The van der Waals surface area contributed by atoms with Crippen LogP contribution in [0.25, 0.3) is 5.69 Å². The summed E-state index contributed by atoms with van der Waals surface area (Å²) < 4.78 is 39.1. The molecule has 1 aromatic heterocycles. The fourth-order valence-corrected chi connectivity index (χ4v) is 1.77. The number of hydrogen-bond donors (Lipinski definition) is 1. The lowest BCUT2D eigenvalue weighted by atomic mass is 10.2. The van der Waals surface area contributed by atoms with E-state index < -0.39 is 11.9 Å². The van der Waals surface area contributed by atoms with Gasteiger partial charge in [-0.05, 0) is 25.1 Å². The molecule has 0 amide bonds. The molecular formula is C11H9ClF3N3. The first-order valence-corrected chi connectivity index (χ1v) is 5.36. The summed E-state index contributed by atoms with van der Waals surface area (Å²) in [4.78, 5) is 0. The Morgan fingerprint density at radius 1 is 1.33 bits per heavy atom. The minimum Gasteiger partial charge on any atom is -0.383 e. The zero-order chi connectivity index (χ0) is 13.5. The van der Waals surface area contributed by atoms with Crippen LogP contribution < -0.4 is 5.73 Å². The largest absolute Gasteiger partial charge is 0.435 e. The maximum absolute atomic E-state index is 12.7. The number of nitrogen functional groups attached to an aromatic ring is 1. The first kappa shape index (κ1) is 12.8. The maximum Gasteiger partial charge on any atom is 0.435 e. The van der Waals surface area contributed by atoms with Crippen molar-refractivity contribution in [1.29, 1.82) is 0 Å². The molecule has 0 spiro atoms. The molecule has 1 aromatic carbocycles. The molecule has 0 aliphatic carbocycles. The number of benzene rings is 1. The van der Waals surface area contributed by atoms with Gasteiger partial charge >= 0.3 is 6.18 Å². The van der Waals surface area contributed by atoms with Crippen LogP contribution in [0.2, 0.25) is 5.02 Å². The third-order valence-corrected chi connectivity index (χ3v) is 2.72. The van der Waals surface area contributed by atoms with Gasteiger partial charge in [0.15, 0.2) is 5.69 Å². The molecular weight excluding hydrogens is 267 g/mol. The van der Waals surface area contributed by atoms with Crippen molar-refractivity contribution in [2.45, 2.75) is 13.1 Å². The molecule has 96 valence electrons. The van der Waals surface area contributed by atoms with Gasteiger partial charge in [0.05, 0.1) is 5.69 Å². The van der Waals surface area contributed by atoms with Crippen molar-refractivity contribution in [2.75, 3.05) is 5.73 Å². The van der Waals surface area contributed by atoms with Crippen molar-refractivity contribution in [3.63, 3.8) is 0 Å². The Morgan fingerprint density at radius 3 is 2.50 bits per heavy atom. The zero-order valence-corrected chi connectivity index (χ0v) is 10.0. The summed E-state index contributed by atoms with van der Waals surface area (Å²) in [5.41, 5.74) is 4.95. The first-order valence-electron chi connectivity index (χ1n) is 4.99. The van der Waals surface area contributed by atoms with E-state index in [1.165, 1.54) is 13.0 Å². The van der Waals surface area contributed by atoms with Crippen molar-refractivity contribution in [1.82, 2.24) is 9.78 Å². The van der Waals surface area contributed by atoms with Gasteiger partial charge in [-0.1, -0.05) is 17.7 Å². The molecule has 0 saturated heterocycles. The van der Waals surface area contributed by atoms with Gasteiger partial charge in [0.2, 0.25) is 0 Å². The first-order chi connectivity index (χ1) is 8.30. The molecule has 0 aliphatic rings. The summed E-state index contributed by atoms with van der Waals surface area (Å²) in [6, 6.07) is 6.29. The highest BCUT2D eigenvalue weighted by Crippen LogP contribution is 2.34. The van der Waals surface area contributed by atoms with Gasteiger partial charge in [0.25, 0.3) is 0 Å². The SMILES string of the molecule is Cc1c(C(F)(F)F)nn(-c2cccc(Cl)c2)c1N. The van der Waals surface area contributed by atoms with Crippen molar-refractivity contribution >= 4 is 17.4 Å². The molecule has 1 heterocycles. The third kappa shape index (κ3) is 2.15. The molecule has 0 aliphatic heterocycles. The molecule has 0 fully saturated rings. The van der Waals surface area contributed by atoms with Crippen LogP contribution in [0, 0.1) is 6.92 Å². The second-order valence-corrected chi connectivity index (χ2v) is 4.18. The number of anilines is 1. The molecule has 0 radical (unpaired) electrons. The second kappa shape index (κ2) is 4.20. The average molecular weight is 276 g/mol. The average Bonchev–Trinajstić information content (AvgIpc) is 2.55. The summed E-state index contributed by atoms with van der Waals surface area (Å²) in [6.07, 6.45) is -4.53. The standard InChI is InChI=1S/C11H9ClF3N3/c1-6-9(11(13,14)15)17-18(10(6)16)8-4-2-3-7(12)5-8/h2-5H,16H2,1H3. The topological polar surface area (TPSA) is 43.8 Å². The summed E-state index contributed by atoms with van der Waals surface area (Å²) in [5.74, 6) is -0.0513. The van der Waals surface area contributed by atoms with Gasteiger partial charge in [-0.2, -0.15) is 18.3 Å². The van der Waals surface area contributed by atoms with Gasteiger partial charge < -0.3 is 5.73 Å². The number of hydrogen-bond acceptors (Lipinski definition) is 2. The molecule has 2 aromatic rings. The van der Waals surface area contributed by atoms with Crippen molar-refractivity contribution in [2.24, 2.45) is 0 Å². The lowest BCUT2D eigenvalue weighted by Gasteiger charge is -2.04. The van der Waals surface area contributed by atoms with E-state index in [0.717, 1.165) is 4.68 Å². The lowest BCUT2D eigenvalue weighted by Crippen LogP contribution is -2.08. The maximum atomic E-state index is 12.7. The van der Waals surface area contributed by atoms with Crippen LogP contribution in [-0.4, -0.2) is 9.78 Å². The van der Waals surface area contributed by atoms with Crippen molar-refractivity contribution < 1.29 is 13.2 Å². The molecule has 0 saturated carbocycles. The Kier molecular flexibility index (Phi) is 2.98. The van der Waals surface area contributed by atoms with Crippen LogP contribution in [-0.2, 0) is 6.18 Å². The number of alkyl halides is 3. The van der Waals surface area contributed by atoms with E-state index in [4.69, 9.17) is 17.3 Å². The summed E-state index contributed by atoms with van der Waals surface area (Å²) in [5, 5.41) is 3.90. The van der Waals surface area contributed by atoms with Crippen LogP contribution >= 0.6 is 11.6 Å². The highest BCUT2D eigenvalue weighted by molar-refractivity contribution is 6.30. The van der Waals surface area contributed by atoms with E-state index >= 15 is 0 Å². The molecule has 2 N–H and O–H groups in total. The predicted molar refractivity (Wildman–Crippen MR) is 62.7 cm³/mol. The van der Waals surface area contributed by atoms with Crippen LogP contribution in [0.15, 0.2) is 24.3 Å². The van der Waals surface area contributed by atoms with Crippen LogP contribution in [0.5, 0.6) is 0 Å². The summed E-state index contributed by atoms with van der Waals surface area (Å²) in [7, 11) is 0. The molecule has 0 bridgehead atoms. The quantitative estimate of drug-likeness (QED) is 0.866. The van der Waals surface area contributed by atoms with Gasteiger partial charge in [-0.25, -0.2) is 4.68 Å². The van der Waals surface area contributed by atoms with E-state index in [-0.39, 0.29) is 11.4 Å². The van der Waals surface area contributed by atoms with Gasteiger partial charge in [0.1, 0.15) is 5.82 Å². The Morgan fingerprint density at radius 2 is 2.00 bits per heavy atom. The predicted octanol–water partition coefficient (Wildman–Crippen LogP) is 3.44. The van der Waals surface area contributed by atoms with E-state index in [1.807, 2.05) is 0 Å². The van der Waals surface area contributed by atoms with Crippen molar-refractivity contribution in [3.05, 3.63) is 40.5 Å². The number of aromatic nitrogens is 2. The van der Waals surface area contributed by atoms with Crippen molar-refractivity contribution in [3.8, 4) is 5.69 Å². The summed E-state index contributed by atoms with van der Waals surface area (Å²) >= 11 is 5.78. The second-order valence-electron chi connectivity index (χ2n) is 3.75. The smallest absolute Gasteiger partial charge is 0.383 e. The minimum atomic E-state index is -4.53. The van der Waals surface area contributed by atoms with E-state index in [1.54, 1.807) is 18.2 Å². The normalized spacial score (nSPS) is 11.8. The Balaban J connectivity index is 2.60. The molecule has 0 unspecified atom stereocenters. The molecule has 3 nitrogen and oxygen atoms in total. The highest BCUT2D eigenvalue weighted by atomic mass is 35.5. The molecule has 18 heavy (non-hydrogen) atoms. The molecule has 2 rings (SSSR count).